The predicted octanol–water partition coefficient (Wildman–Crippen LogP) is 3.78. The second-order valence-corrected chi connectivity index (χ2v) is 5.22. The van der Waals surface area contributed by atoms with E-state index < -0.39 is 0 Å². The summed E-state index contributed by atoms with van der Waals surface area (Å²) in [6.07, 6.45) is 4.07. The van der Waals surface area contributed by atoms with Crippen molar-refractivity contribution in [3.63, 3.8) is 0 Å². The van der Waals surface area contributed by atoms with Crippen molar-refractivity contribution < 1.29 is 4.74 Å². The molecule has 0 atom stereocenters. The van der Waals surface area contributed by atoms with E-state index >= 15 is 0 Å². The molecular formula is C15H19NO. The van der Waals surface area contributed by atoms with Crippen LogP contribution in [0.4, 0.5) is 0 Å². The Morgan fingerprint density at radius 3 is 2.24 bits per heavy atom. The molecule has 2 nitrogen and oxygen atoms in total. The van der Waals surface area contributed by atoms with E-state index in [2.05, 4.69) is 43.5 Å². The maximum absolute atomic E-state index is 5.50. The number of rotatable bonds is 2. The predicted molar refractivity (Wildman–Crippen MR) is 71.0 cm³/mol. The van der Waals surface area contributed by atoms with Crippen molar-refractivity contribution in [3.8, 4) is 11.4 Å². The summed E-state index contributed by atoms with van der Waals surface area (Å²) in [5.74, 6) is 0.948. The highest BCUT2D eigenvalue weighted by molar-refractivity contribution is 5.47. The van der Waals surface area contributed by atoms with Crippen LogP contribution in [0, 0.1) is 0 Å². The maximum Gasteiger partial charge on any atom is 0.124 e. The van der Waals surface area contributed by atoms with Crippen molar-refractivity contribution >= 4 is 0 Å². The molecule has 2 rings (SSSR count). The normalized spacial score (nSPS) is 11.5. The number of aromatic nitrogens is 1. The van der Waals surface area contributed by atoms with Gasteiger partial charge in [0.25, 0.3) is 0 Å². The molecule has 0 amide bonds. The van der Waals surface area contributed by atoms with Gasteiger partial charge in [-0.25, -0.2) is 0 Å². The molecule has 17 heavy (non-hydrogen) atoms. The average molecular weight is 229 g/mol. The molecule has 0 bridgehead atoms. The van der Waals surface area contributed by atoms with E-state index in [1.807, 2.05) is 24.5 Å². The van der Waals surface area contributed by atoms with Gasteiger partial charge in [0.15, 0.2) is 0 Å². The van der Waals surface area contributed by atoms with Gasteiger partial charge in [0.1, 0.15) is 5.75 Å². The van der Waals surface area contributed by atoms with Gasteiger partial charge in [-0.05, 0) is 29.2 Å². The molecule has 1 heterocycles. The van der Waals surface area contributed by atoms with Crippen molar-refractivity contribution in [2.24, 2.45) is 0 Å². The van der Waals surface area contributed by atoms with Crippen LogP contribution in [0.15, 0.2) is 42.7 Å². The third-order valence-electron chi connectivity index (χ3n) is 2.90. The fourth-order valence-corrected chi connectivity index (χ4v) is 1.97. The molecule has 0 aliphatic heterocycles. The van der Waals surface area contributed by atoms with Crippen molar-refractivity contribution in [1.82, 2.24) is 4.57 Å². The third-order valence-corrected chi connectivity index (χ3v) is 2.90. The first kappa shape index (κ1) is 11.8. The molecule has 0 N–H and O–H groups in total. The Bertz CT molecular complexity index is 492. The van der Waals surface area contributed by atoms with Gasteiger partial charge in [-0.3, -0.25) is 0 Å². The minimum atomic E-state index is 0.0978. The van der Waals surface area contributed by atoms with Gasteiger partial charge in [-0.1, -0.05) is 26.8 Å². The summed E-state index contributed by atoms with van der Waals surface area (Å²) in [4.78, 5) is 0. The van der Waals surface area contributed by atoms with Crippen LogP contribution in [-0.2, 0) is 5.41 Å². The van der Waals surface area contributed by atoms with Crippen LogP contribution in [0.2, 0.25) is 0 Å². The summed E-state index contributed by atoms with van der Waals surface area (Å²) in [6, 6.07) is 10.4. The summed E-state index contributed by atoms with van der Waals surface area (Å²) in [7, 11) is 1.73. The van der Waals surface area contributed by atoms with Gasteiger partial charge in [0, 0.05) is 24.1 Å². The molecule has 1 aromatic carbocycles. The fraction of sp³-hybridized carbons (Fsp3) is 0.333. The van der Waals surface area contributed by atoms with Crippen LogP contribution in [0.3, 0.4) is 0 Å². The van der Waals surface area contributed by atoms with Crippen molar-refractivity contribution in [3.05, 3.63) is 48.3 Å². The Kier molecular flexibility index (Phi) is 2.97. The van der Waals surface area contributed by atoms with Crippen molar-refractivity contribution in [2.75, 3.05) is 7.11 Å². The highest BCUT2D eigenvalue weighted by Gasteiger charge is 2.18. The van der Waals surface area contributed by atoms with Gasteiger partial charge in [-0.2, -0.15) is 0 Å². The Morgan fingerprint density at radius 2 is 1.71 bits per heavy atom. The topological polar surface area (TPSA) is 14.2 Å². The summed E-state index contributed by atoms with van der Waals surface area (Å²) in [5.41, 5.74) is 2.45. The molecule has 0 radical (unpaired) electrons. The second-order valence-electron chi connectivity index (χ2n) is 5.22. The number of ether oxygens (including phenoxy) is 1. The monoisotopic (exact) mass is 229 g/mol. The molecule has 90 valence electrons. The van der Waals surface area contributed by atoms with E-state index in [0.29, 0.717) is 0 Å². The Morgan fingerprint density at radius 1 is 1.06 bits per heavy atom. The zero-order chi connectivity index (χ0) is 12.5. The minimum Gasteiger partial charge on any atom is -0.496 e. The SMILES string of the molecule is COc1cc(-n2cccc2)ccc1C(C)(C)C. The van der Waals surface area contributed by atoms with Crippen LogP contribution in [0.25, 0.3) is 5.69 Å². The standard InChI is InChI=1S/C15H19NO/c1-15(2,3)13-8-7-12(11-14(13)17-4)16-9-5-6-10-16/h5-11H,1-4H3. The number of nitrogens with zero attached hydrogens (tertiary/aromatic N) is 1. The minimum absolute atomic E-state index is 0.0978. The maximum atomic E-state index is 5.50. The van der Waals surface area contributed by atoms with Crippen LogP contribution in [0.1, 0.15) is 26.3 Å². The van der Waals surface area contributed by atoms with Crippen LogP contribution in [-0.4, -0.2) is 11.7 Å². The van der Waals surface area contributed by atoms with Crippen molar-refractivity contribution in [1.29, 1.82) is 0 Å². The smallest absolute Gasteiger partial charge is 0.124 e. The average Bonchev–Trinajstić information content (AvgIpc) is 2.80. The van der Waals surface area contributed by atoms with Crippen LogP contribution < -0.4 is 4.74 Å². The zero-order valence-corrected chi connectivity index (χ0v) is 10.9. The van der Waals surface area contributed by atoms with E-state index in [0.717, 1.165) is 11.4 Å². The lowest BCUT2D eigenvalue weighted by Crippen LogP contribution is -2.13. The lowest BCUT2D eigenvalue weighted by molar-refractivity contribution is 0.397. The fourth-order valence-electron chi connectivity index (χ4n) is 1.97. The first-order valence-electron chi connectivity index (χ1n) is 5.84. The molecule has 0 saturated carbocycles. The van der Waals surface area contributed by atoms with Crippen LogP contribution in [0.5, 0.6) is 5.75 Å². The Hall–Kier alpha value is -1.70. The van der Waals surface area contributed by atoms with Crippen LogP contribution >= 0.6 is 0 Å². The number of hydrogen-bond acceptors (Lipinski definition) is 1. The van der Waals surface area contributed by atoms with E-state index in [-0.39, 0.29) is 5.41 Å². The van der Waals surface area contributed by atoms with E-state index in [4.69, 9.17) is 4.74 Å². The van der Waals surface area contributed by atoms with E-state index in [1.54, 1.807) is 7.11 Å². The Labute approximate surface area is 103 Å². The van der Waals surface area contributed by atoms with Gasteiger partial charge in [-0.15, -0.1) is 0 Å². The molecule has 0 saturated heterocycles. The molecular weight excluding hydrogens is 210 g/mol. The quantitative estimate of drug-likeness (QED) is 0.764. The number of benzene rings is 1. The summed E-state index contributed by atoms with van der Waals surface area (Å²) < 4.78 is 7.58. The number of hydrogen-bond donors (Lipinski definition) is 0. The molecule has 2 heteroatoms. The second kappa shape index (κ2) is 4.28. The molecule has 0 aliphatic carbocycles. The summed E-state index contributed by atoms with van der Waals surface area (Å²) >= 11 is 0. The Balaban J connectivity index is 2.49. The van der Waals surface area contributed by atoms with E-state index in [9.17, 15) is 0 Å². The first-order chi connectivity index (χ1) is 8.02. The van der Waals surface area contributed by atoms with Gasteiger partial charge < -0.3 is 9.30 Å². The summed E-state index contributed by atoms with van der Waals surface area (Å²) in [5, 5.41) is 0. The summed E-state index contributed by atoms with van der Waals surface area (Å²) in [6.45, 7) is 6.58. The molecule has 0 aliphatic rings. The van der Waals surface area contributed by atoms with Gasteiger partial charge in [0.2, 0.25) is 0 Å². The molecule has 0 unspecified atom stereocenters. The van der Waals surface area contributed by atoms with Gasteiger partial charge >= 0.3 is 0 Å². The number of methoxy groups -OCH3 is 1. The van der Waals surface area contributed by atoms with E-state index in [1.165, 1.54) is 5.56 Å². The molecule has 0 spiro atoms. The molecule has 1 aromatic heterocycles. The third kappa shape index (κ3) is 2.36. The largest absolute Gasteiger partial charge is 0.496 e. The zero-order valence-electron chi connectivity index (χ0n) is 10.9. The van der Waals surface area contributed by atoms with Gasteiger partial charge in [0.05, 0.1) is 7.11 Å². The first-order valence-corrected chi connectivity index (χ1v) is 5.84. The highest BCUT2D eigenvalue weighted by Crippen LogP contribution is 2.32. The lowest BCUT2D eigenvalue weighted by Gasteiger charge is -2.22. The molecule has 2 aromatic rings. The van der Waals surface area contributed by atoms with Crippen molar-refractivity contribution in [2.45, 2.75) is 26.2 Å². The highest BCUT2D eigenvalue weighted by atomic mass is 16.5. The lowest BCUT2D eigenvalue weighted by atomic mass is 9.86. The molecule has 0 fully saturated rings.